The standard InChI is InChI=1S/C22H20F3N5O2/c23-22(24,25)13-30-19-9-18(26-10-16(19)20-17(21(30)31)11-27-28-20)15-4-2-1-3-14(15)12-29-5-7-32-8-6-29/h1-4,9-11,20H,5-8,12-13H2. The van der Waals surface area contributed by atoms with E-state index >= 15 is 0 Å². The number of carbonyl (C=O) groups is 1. The number of azo groups is 1. The van der Waals surface area contributed by atoms with Crippen molar-refractivity contribution in [1.29, 1.82) is 0 Å². The van der Waals surface area contributed by atoms with Crippen LogP contribution in [0.25, 0.3) is 11.3 Å². The van der Waals surface area contributed by atoms with Crippen LogP contribution in [-0.4, -0.2) is 54.8 Å². The number of hydrogen-bond donors (Lipinski definition) is 0. The number of ether oxygens (including phenoxy) is 1. The van der Waals surface area contributed by atoms with E-state index in [1.807, 2.05) is 24.3 Å². The lowest BCUT2D eigenvalue weighted by Crippen LogP contribution is -2.43. The molecule has 1 amide bonds. The molecule has 32 heavy (non-hydrogen) atoms. The van der Waals surface area contributed by atoms with Crippen LogP contribution in [0.15, 0.2) is 58.5 Å². The van der Waals surface area contributed by atoms with E-state index in [0.717, 1.165) is 29.1 Å². The van der Waals surface area contributed by atoms with Gasteiger partial charge in [-0.05, 0) is 11.6 Å². The minimum absolute atomic E-state index is 0.129. The molecule has 5 rings (SSSR count). The first-order valence-electron chi connectivity index (χ1n) is 10.3. The van der Waals surface area contributed by atoms with Crippen LogP contribution in [0.3, 0.4) is 0 Å². The van der Waals surface area contributed by atoms with E-state index in [4.69, 9.17) is 4.74 Å². The van der Waals surface area contributed by atoms with Gasteiger partial charge in [0.25, 0.3) is 5.91 Å². The number of rotatable bonds is 4. The van der Waals surface area contributed by atoms with Crippen molar-refractivity contribution in [3.05, 3.63) is 59.4 Å². The maximum absolute atomic E-state index is 13.3. The highest BCUT2D eigenvalue weighted by atomic mass is 19.4. The van der Waals surface area contributed by atoms with Crippen molar-refractivity contribution in [1.82, 2.24) is 9.88 Å². The molecule has 10 heteroatoms. The number of carbonyl (C=O) groups excluding carboxylic acids is 1. The van der Waals surface area contributed by atoms with E-state index in [1.165, 1.54) is 12.4 Å². The van der Waals surface area contributed by atoms with Crippen LogP contribution in [0.1, 0.15) is 17.2 Å². The van der Waals surface area contributed by atoms with Gasteiger partial charge < -0.3 is 4.74 Å². The molecule has 7 nitrogen and oxygen atoms in total. The molecule has 166 valence electrons. The Morgan fingerprint density at radius 2 is 1.94 bits per heavy atom. The molecule has 3 aliphatic rings. The number of morpholine rings is 1. The van der Waals surface area contributed by atoms with Crippen molar-refractivity contribution in [2.24, 2.45) is 10.2 Å². The fourth-order valence-corrected chi connectivity index (χ4v) is 4.25. The van der Waals surface area contributed by atoms with Gasteiger partial charge >= 0.3 is 6.18 Å². The summed E-state index contributed by atoms with van der Waals surface area (Å²) in [5.74, 6) is -0.733. The molecule has 0 aliphatic carbocycles. The van der Waals surface area contributed by atoms with Crippen molar-refractivity contribution in [2.45, 2.75) is 18.8 Å². The van der Waals surface area contributed by atoms with E-state index in [-0.39, 0.29) is 11.3 Å². The lowest BCUT2D eigenvalue weighted by atomic mass is 9.92. The molecule has 0 bridgehead atoms. The Bertz CT molecular complexity index is 1110. The molecule has 1 aromatic heterocycles. The summed E-state index contributed by atoms with van der Waals surface area (Å²) < 4.78 is 45.3. The Hall–Kier alpha value is -3.11. The van der Waals surface area contributed by atoms with Crippen LogP contribution in [0.4, 0.5) is 18.9 Å². The van der Waals surface area contributed by atoms with Crippen LogP contribution >= 0.6 is 0 Å². The first-order chi connectivity index (χ1) is 15.4. The van der Waals surface area contributed by atoms with Crippen LogP contribution in [0.2, 0.25) is 0 Å². The Morgan fingerprint density at radius 3 is 2.72 bits per heavy atom. The van der Waals surface area contributed by atoms with Gasteiger partial charge in [0.15, 0.2) is 0 Å². The Balaban J connectivity index is 1.55. The number of aromatic nitrogens is 1. The van der Waals surface area contributed by atoms with Gasteiger partial charge in [0.2, 0.25) is 0 Å². The van der Waals surface area contributed by atoms with Crippen LogP contribution in [0, 0.1) is 0 Å². The molecule has 3 aliphatic heterocycles. The summed E-state index contributed by atoms with van der Waals surface area (Å²) in [6, 6.07) is 8.51. The molecule has 0 spiro atoms. The second kappa shape index (κ2) is 8.10. The molecule has 0 saturated carbocycles. The number of nitrogens with zero attached hydrogens (tertiary/aromatic N) is 5. The predicted molar refractivity (Wildman–Crippen MR) is 110 cm³/mol. The molecule has 1 fully saturated rings. The number of fused-ring (bicyclic) bond motifs is 3. The Morgan fingerprint density at radius 1 is 1.16 bits per heavy atom. The molecular formula is C22H20F3N5O2. The lowest BCUT2D eigenvalue weighted by molar-refractivity contribution is -0.130. The third-order valence-electron chi connectivity index (χ3n) is 5.79. The molecule has 1 aromatic carbocycles. The molecule has 1 atom stereocenters. The number of hydrogen-bond acceptors (Lipinski definition) is 6. The van der Waals surface area contributed by atoms with Gasteiger partial charge in [-0.15, -0.1) is 0 Å². The van der Waals surface area contributed by atoms with Gasteiger partial charge in [0.1, 0.15) is 12.6 Å². The first kappa shape index (κ1) is 20.8. The smallest absolute Gasteiger partial charge is 0.379 e. The lowest BCUT2D eigenvalue weighted by Gasteiger charge is -2.33. The van der Waals surface area contributed by atoms with Gasteiger partial charge in [-0.3, -0.25) is 19.6 Å². The molecule has 0 radical (unpaired) electrons. The zero-order valence-corrected chi connectivity index (χ0v) is 17.0. The van der Waals surface area contributed by atoms with Gasteiger partial charge in [-0.2, -0.15) is 23.4 Å². The number of pyridine rings is 1. The van der Waals surface area contributed by atoms with Gasteiger partial charge in [0.05, 0.1) is 36.4 Å². The molecular weight excluding hydrogens is 423 g/mol. The molecule has 1 unspecified atom stereocenters. The first-order valence-corrected chi connectivity index (χ1v) is 10.3. The summed E-state index contributed by atoms with van der Waals surface area (Å²) in [5.41, 5.74) is 3.07. The molecule has 1 saturated heterocycles. The Labute approximate surface area is 182 Å². The van der Waals surface area contributed by atoms with E-state index in [0.29, 0.717) is 31.0 Å². The largest absolute Gasteiger partial charge is 0.406 e. The zero-order chi connectivity index (χ0) is 22.3. The van der Waals surface area contributed by atoms with Crippen molar-refractivity contribution in [2.75, 3.05) is 37.7 Å². The van der Waals surface area contributed by atoms with Gasteiger partial charge in [-0.25, -0.2) is 0 Å². The summed E-state index contributed by atoms with van der Waals surface area (Å²) >= 11 is 0. The second-order valence-corrected chi connectivity index (χ2v) is 7.90. The second-order valence-electron chi connectivity index (χ2n) is 7.90. The van der Waals surface area contributed by atoms with E-state index in [1.54, 1.807) is 6.07 Å². The highest BCUT2D eigenvalue weighted by Gasteiger charge is 2.43. The van der Waals surface area contributed by atoms with Crippen LogP contribution in [-0.2, 0) is 16.1 Å². The maximum atomic E-state index is 13.3. The quantitative estimate of drug-likeness (QED) is 0.719. The van der Waals surface area contributed by atoms with Gasteiger partial charge in [-0.1, -0.05) is 24.3 Å². The highest BCUT2D eigenvalue weighted by Crippen LogP contribution is 2.44. The summed E-state index contributed by atoms with van der Waals surface area (Å²) in [6.07, 6.45) is -1.81. The van der Waals surface area contributed by atoms with E-state index in [9.17, 15) is 18.0 Å². The van der Waals surface area contributed by atoms with E-state index < -0.39 is 24.7 Å². The zero-order valence-electron chi connectivity index (χ0n) is 17.0. The maximum Gasteiger partial charge on any atom is 0.406 e. The highest BCUT2D eigenvalue weighted by molar-refractivity contribution is 6.10. The molecule has 2 aromatic rings. The van der Waals surface area contributed by atoms with Crippen molar-refractivity contribution in [3.8, 4) is 11.3 Å². The number of anilines is 1. The minimum Gasteiger partial charge on any atom is -0.379 e. The normalized spacial score (nSPS) is 20.8. The average molecular weight is 443 g/mol. The SMILES string of the molecule is O=C1C2=CN=NC2c2cnc(-c3ccccc3CN3CCOCC3)cc2N1CC(F)(F)F. The minimum atomic E-state index is -4.55. The van der Waals surface area contributed by atoms with E-state index in [2.05, 4.69) is 20.1 Å². The molecule has 0 N–H and O–H groups in total. The van der Waals surface area contributed by atoms with Crippen LogP contribution < -0.4 is 4.90 Å². The fraction of sp³-hybridized carbons (Fsp3) is 0.364. The third kappa shape index (κ3) is 3.91. The van der Waals surface area contributed by atoms with Gasteiger partial charge in [0, 0.05) is 37.0 Å². The summed E-state index contributed by atoms with van der Waals surface area (Å²) in [5, 5.41) is 7.78. The van der Waals surface area contributed by atoms with Crippen LogP contribution in [0.5, 0.6) is 0 Å². The topological polar surface area (TPSA) is 70.4 Å². The third-order valence-corrected chi connectivity index (χ3v) is 5.79. The van der Waals surface area contributed by atoms with Crippen molar-refractivity contribution in [3.63, 3.8) is 0 Å². The van der Waals surface area contributed by atoms with Crippen molar-refractivity contribution >= 4 is 11.6 Å². The summed E-state index contributed by atoms with van der Waals surface area (Å²) in [4.78, 5) is 20.4. The summed E-state index contributed by atoms with van der Waals surface area (Å²) in [6.45, 7) is 2.23. The number of halogens is 3. The predicted octanol–water partition coefficient (Wildman–Crippen LogP) is 3.88. The van der Waals surface area contributed by atoms with Crippen molar-refractivity contribution < 1.29 is 22.7 Å². The summed E-state index contributed by atoms with van der Waals surface area (Å²) in [7, 11) is 0. The number of amides is 1. The fourth-order valence-electron chi connectivity index (χ4n) is 4.25. The number of alkyl halides is 3. The average Bonchev–Trinajstić information content (AvgIpc) is 3.27. The molecule has 4 heterocycles. The number of benzene rings is 1. The monoisotopic (exact) mass is 443 g/mol. The Kier molecular flexibility index (Phi) is 5.26.